The third kappa shape index (κ3) is 4.70. The number of likely N-dealkylation sites (tertiary alicyclic amines) is 1. The van der Waals surface area contributed by atoms with Crippen molar-refractivity contribution in [2.45, 2.75) is 44.8 Å². The number of piperidine rings is 1. The molecule has 2 aromatic rings. The first-order valence-electron chi connectivity index (χ1n) is 10.4. The Morgan fingerprint density at radius 3 is 2.63 bits per heavy atom. The maximum Gasteiger partial charge on any atom is 0.269 e. The van der Waals surface area contributed by atoms with Gasteiger partial charge in [0, 0.05) is 19.5 Å². The Morgan fingerprint density at radius 1 is 1.10 bits per heavy atom. The summed E-state index contributed by atoms with van der Waals surface area (Å²) in [5, 5.41) is 7.00. The summed E-state index contributed by atoms with van der Waals surface area (Å²) in [5.41, 5.74) is 3.05. The van der Waals surface area contributed by atoms with Gasteiger partial charge in [-0.15, -0.1) is 0 Å². The van der Waals surface area contributed by atoms with Gasteiger partial charge in [-0.05, 0) is 30.9 Å². The van der Waals surface area contributed by atoms with Crippen LogP contribution < -0.4 is 5.32 Å². The number of carbonyl (C=O) groups excluding carboxylic acids is 2. The lowest BCUT2D eigenvalue weighted by molar-refractivity contribution is -0.139. The van der Waals surface area contributed by atoms with Gasteiger partial charge in [0.1, 0.15) is 5.71 Å². The Bertz CT molecular complexity index is 940. The van der Waals surface area contributed by atoms with Crippen LogP contribution in [0.3, 0.4) is 0 Å². The van der Waals surface area contributed by atoms with Crippen molar-refractivity contribution in [3.8, 4) is 0 Å². The molecule has 0 saturated carbocycles. The van der Waals surface area contributed by atoms with Gasteiger partial charge in [0.25, 0.3) is 5.91 Å². The first kappa shape index (κ1) is 20.1. The predicted octanol–water partition coefficient (Wildman–Crippen LogP) is 2.99. The minimum absolute atomic E-state index is 0.0844. The Balaban J connectivity index is 1.31. The third-order valence-corrected chi connectivity index (χ3v) is 5.77. The number of hydrogen-bond acceptors (Lipinski definition) is 4. The molecular formula is C24H27N3O3. The van der Waals surface area contributed by atoms with E-state index in [1.54, 1.807) is 0 Å². The van der Waals surface area contributed by atoms with Crippen LogP contribution in [0.15, 0.2) is 59.8 Å². The summed E-state index contributed by atoms with van der Waals surface area (Å²) in [7, 11) is 0. The molecule has 0 unspecified atom stereocenters. The van der Waals surface area contributed by atoms with Crippen molar-refractivity contribution < 1.29 is 14.4 Å². The molecule has 2 aliphatic heterocycles. The highest BCUT2D eigenvalue weighted by atomic mass is 16.7. The van der Waals surface area contributed by atoms with Crippen molar-refractivity contribution in [2.75, 3.05) is 13.1 Å². The van der Waals surface area contributed by atoms with E-state index in [9.17, 15) is 9.59 Å². The van der Waals surface area contributed by atoms with Gasteiger partial charge in [-0.1, -0.05) is 65.3 Å². The number of oxime groups is 1. The van der Waals surface area contributed by atoms with E-state index >= 15 is 0 Å². The van der Waals surface area contributed by atoms with E-state index in [0.717, 1.165) is 24.0 Å². The van der Waals surface area contributed by atoms with Crippen molar-refractivity contribution >= 4 is 17.5 Å². The van der Waals surface area contributed by atoms with Crippen molar-refractivity contribution in [1.82, 2.24) is 10.2 Å². The lowest BCUT2D eigenvalue weighted by atomic mass is 9.87. The number of benzene rings is 2. The molecule has 2 amide bonds. The first-order chi connectivity index (χ1) is 14.5. The number of rotatable bonds is 5. The molecule has 30 heavy (non-hydrogen) atoms. The van der Waals surface area contributed by atoms with E-state index in [4.69, 9.17) is 4.84 Å². The molecule has 0 aromatic heterocycles. The van der Waals surface area contributed by atoms with Crippen LogP contribution in [0.2, 0.25) is 0 Å². The lowest BCUT2D eigenvalue weighted by Crippen LogP contribution is -2.51. The molecule has 156 valence electrons. The van der Waals surface area contributed by atoms with Crippen LogP contribution in [-0.4, -0.2) is 41.1 Å². The number of nitrogens with one attached hydrogen (secondary N) is 1. The van der Waals surface area contributed by atoms with E-state index in [2.05, 4.69) is 10.5 Å². The van der Waals surface area contributed by atoms with Crippen molar-refractivity contribution in [2.24, 2.45) is 5.16 Å². The number of aryl methyl sites for hydroxylation is 1. The number of carbonyl (C=O) groups is 2. The normalized spacial score (nSPS) is 20.6. The van der Waals surface area contributed by atoms with Gasteiger partial charge in [-0.2, -0.15) is 0 Å². The highest BCUT2D eigenvalue weighted by Gasteiger charge is 2.45. The molecule has 1 saturated heterocycles. The second-order valence-corrected chi connectivity index (χ2v) is 8.24. The Morgan fingerprint density at radius 2 is 1.87 bits per heavy atom. The molecule has 6 nitrogen and oxygen atoms in total. The van der Waals surface area contributed by atoms with Gasteiger partial charge in [0.15, 0.2) is 5.60 Å². The Hall–Kier alpha value is -3.15. The monoisotopic (exact) mass is 405 g/mol. The largest absolute Gasteiger partial charge is 0.386 e. The molecule has 4 rings (SSSR count). The van der Waals surface area contributed by atoms with Gasteiger partial charge in [0.2, 0.25) is 5.91 Å². The molecule has 0 bridgehead atoms. The van der Waals surface area contributed by atoms with E-state index in [-0.39, 0.29) is 11.8 Å². The molecule has 1 spiro atoms. The lowest BCUT2D eigenvalue weighted by Gasteiger charge is -2.38. The summed E-state index contributed by atoms with van der Waals surface area (Å²) in [6.45, 7) is 3.67. The summed E-state index contributed by atoms with van der Waals surface area (Å²) in [6, 6.07) is 17.8. The fourth-order valence-electron chi connectivity index (χ4n) is 4.05. The fraction of sp³-hybridized carbons (Fsp3) is 0.375. The van der Waals surface area contributed by atoms with E-state index in [0.29, 0.717) is 38.2 Å². The topological polar surface area (TPSA) is 71.0 Å². The van der Waals surface area contributed by atoms with Gasteiger partial charge >= 0.3 is 0 Å². The summed E-state index contributed by atoms with van der Waals surface area (Å²) in [5.74, 6) is -0.124. The van der Waals surface area contributed by atoms with Gasteiger partial charge < -0.3 is 15.1 Å². The third-order valence-electron chi connectivity index (χ3n) is 5.77. The molecule has 2 heterocycles. The summed E-state index contributed by atoms with van der Waals surface area (Å²) in [4.78, 5) is 32.9. The molecule has 2 aliphatic rings. The fourth-order valence-corrected chi connectivity index (χ4v) is 4.05. The molecule has 1 N–H and O–H groups in total. The second-order valence-electron chi connectivity index (χ2n) is 8.24. The van der Waals surface area contributed by atoms with Crippen LogP contribution in [0.5, 0.6) is 0 Å². The van der Waals surface area contributed by atoms with E-state index in [1.807, 2.05) is 66.4 Å². The molecule has 2 aromatic carbocycles. The maximum atomic E-state index is 12.8. The molecule has 1 fully saturated rings. The molecule has 0 radical (unpaired) electrons. The maximum absolute atomic E-state index is 12.8. The van der Waals surface area contributed by atoms with Crippen LogP contribution in [0, 0.1) is 6.92 Å². The van der Waals surface area contributed by atoms with Gasteiger partial charge in [-0.25, -0.2) is 0 Å². The van der Waals surface area contributed by atoms with Crippen LogP contribution in [0.1, 0.15) is 36.0 Å². The van der Waals surface area contributed by atoms with Crippen LogP contribution in [0.4, 0.5) is 0 Å². The van der Waals surface area contributed by atoms with Crippen molar-refractivity contribution in [3.05, 3.63) is 71.3 Å². The van der Waals surface area contributed by atoms with Crippen molar-refractivity contribution in [3.63, 3.8) is 0 Å². The number of hydrogen-bond donors (Lipinski definition) is 1. The molecule has 6 heteroatoms. The minimum atomic E-state index is -0.582. The SMILES string of the molecule is Cc1ccc(CNC(=O)C2=NO[C@@]3(CCCN(C(=O)Cc4ccccc4)C3)C2)cc1. The standard InChI is InChI=1S/C24H27N3O3/c1-18-8-10-20(11-9-18)16-25-23(29)21-15-24(30-26-21)12-5-13-27(17-24)22(28)14-19-6-3-2-4-7-19/h2-4,6-11H,5,12-17H2,1H3,(H,25,29)/t24-/m0/s1. The zero-order chi connectivity index (χ0) is 21.0. The zero-order valence-electron chi connectivity index (χ0n) is 17.3. The predicted molar refractivity (Wildman–Crippen MR) is 115 cm³/mol. The minimum Gasteiger partial charge on any atom is -0.386 e. The summed E-state index contributed by atoms with van der Waals surface area (Å²) < 4.78 is 0. The quantitative estimate of drug-likeness (QED) is 0.831. The van der Waals surface area contributed by atoms with Gasteiger partial charge in [-0.3, -0.25) is 9.59 Å². The average molecular weight is 405 g/mol. The Labute approximate surface area is 176 Å². The number of nitrogens with zero attached hydrogens (tertiary/aromatic N) is 2. The van der Waals surface area contributed by atoms with E-state index < -0.39 is 5.60 Å². The number of amides is 2. The van der Waals surface area contributed by atoms with E-state index in [1.165, 1.54) is 5.56 Å². The zero-order valence-corrected chi connectivity index (χ0v) is 17.3. The highest BCUT2D eigenvalue weighted by Crippen LogP contribution is 2.33. The summed E-state index contributed by atoms with van der Waals surface area (Å²) in [6.07, 6.45) is 2.44. The van der Waals surface area contributed by atoms with Gasteiger partial charge in [0.05, 0.1) is 13.0 Å². The molecular weight excluding hydrogens is 378 g/mol. The van der Waals surface area contributed by atoms with Crippen LogP contribution in [0.25, 0.3) is 0 Å². The molecule has 1 atom stereocenters. The van der Waals surface area contributed by atoms with Crippen molar-refractivity contribution in [1.29, 1.82) is 0 Å². The Kier molecular flexibility index (Phi) is 5.84. The smallest absolute Gasteiger partial charge is 0.269 e. The van der Waals surface area contributed by atoms with Crippen LogP contribution >= 0.6 is 0 Å². The first-order valence-corrected chi connectivity index (χ1v) is 10.4. The van der Waals surface area contributed by atoms with Crippen LogP contribution in [-0.2, 0) is 27.4 Å². The average Bonchev–Trinajstić information content (AvgIpc) is 3.17. The molecule has 0 aliphatic carbocycles. The highest BCUT2D eigenvalue weighted by molar-refractivity contribution is 6.39. The summed E-state index contributed by atoms with van der Waals surface area (Å²) >= 11 is 0. The second kappa shape index (κ2) is 8.69.